The van der Waals surface area contributed by atoms with Gasteiger partial charge in [-0.2, -0.15) is 10.2 Å². The van der Waals surface area contributed by atoms with Gasteiger partial charge in [0, 0.05) is 85.1 Å². The molecule has 17 heteroatoms. The highest BCUT2D eigenvalue weighted by molar-refractivity contribution is 5.78. The second-order valence-electron chi connectivity index (χ2n) is 13.1. The van der Waals surface area contributed by atoms with Crippen molar-refractivity contribution in [1.82, 2.24) is 85.0 Å². The van der Waals surface area contributed by atoms with Gasteiger partial charge in [0.25, 0.3) is 0 Å². The Bertz CT molecular complexity index is 2710. The average molecular weight is 1030 g/mol. The van der Waals surface area contributed by atoms with Crippen LogP contribution in [0.15, 0.2) is 221 Å². The second-order valence-corrected chi connectivity index (χ2v) is 13.1. The number of nitrogens with zero attached hydrogens (tertiary/aromatic N) is 17. The number of aryl methyl sites for hydroxylation is 3. The van der Waals surface area contributed by atoms with Crippen LogP contribution in [0, 0.1) is 20.8 Å². The molecule has 0 fully saturated rings. The predicted octanol–water partition coefficient (Wildman–Crippen LogP) is 13.9. The van der Waals surface area contributed by atoms with Crippen molar-refractivity contribution in [2.24, 2.45) is 0 Å². The van der Waals surface area contributed by atoms with Crippen LogP contribution in [0.4, 0.5) is 0 Å². The molecular formula is C60H75N17. The maximum absolute atomic E-state index is 4.31. The largest absolute Gasteiger partial charge is 0.261 e. The number of rotatable bonds is 0. The van der Waals surface area contributed by atoms with Gasteiger partial charge in [0.15, 0.2) is 0 Å². The Kier molecular flexibility index (Phi) is 42.7. The summed E-state index contributed by atoms with van der Waals surface area (Å²) in [5.41, 5.74) is 7.75. The van der Waals surface area contributed by atoms with Crippen LogP contribution < -0.4 is 0 Å². The molecule has 0 saturated heterocycles. The van der Waals surface area contributed by atoms with Gasteiger partial charge in [-0.15, -0.1) is 0 Å². The van der Waals surface area contributed by atoms with Gasteiger partial charge < -0.3 is 0 Å². The summed E-state index contributed by atoms with van der Waals surface area (Å²) in [6, 6.07) is 37.0. The third kappa shape index (κ3) is 32.3. The molecule has 0 atom stereocenters. The molecule has 8 aromatic heterocycles. The van der Waals surface area contributed by atoms with Crippen molar-refractivity contribution in [3.63, 3.8) is 0 Å². The number of hydrogen-bond acceptors (Lipinski definition) is 17. The van der Waals surface area contributed by atoms with Gasteiger partial charge in [0.05, 0.1) is 44.5 Å². The fourth-order valence-electron chi connectivity index (χ4n) is 5.03. The first-order valence-electron chi connectivity index (χ1n) is 25.4. The van der Waals surface area contributed by atoms with Crippen molar-refractivity contribution in [2.75, 3.05) is 0 Å². The van der Waals surface area contributed by atoms with Crippen LogP contribution in [-0.4, -0.2) is 85.0 Å². The monoisotopic (exact) mass is 1030 g/mol. The van der Waals surface area contributed by atoms with Gasteiger partial charge in [-0.3, -0.25) is 24.9 Å². The average Bonchev–Trinajstić information content (AvgIpc) is 3.54. The molecule has 0 aliphatic carbocycles. The highest BCUT2D eigenvalue weighted by Gasteiger charge is 1.94. The zero-order chi connectivity index (χ0) is 56.8. The van der Waals surface area contributed by atoms with E-state index in [9.17, 15) is 0 Å². The van der Waals surface area contributed by atoms with E-state index in [0.29, 0.717) is 0 Å². The summed E-state index contributed by atoms with van der Waals surface area (Å²) in [5.74, 6) is 0.823. The van der Waals surface area contributed by atoms with Crippen LogP contribution in [0.3, 0.4) is 0 Å². The highest BCUT2D eigenvalue weighted by Crippen LogP contribution is 2.09. The van der Waals surface area contributed by atoms with E-state index in [2.05, 4.69) is 85.0 Å². The van der Waals surface area contributed by atoms with Crippen LogP contribution in [0.2, 0.25) is 0 Å². The van der Waals surface area contributed by atoms with E-state index in [1.54, 1.807) is 74.4 Å². The first kappa shape index (κ1) is 67.5. The van der Waals surface area contributed by atoms with E-state index >= 15 is 0 Å². The minimum absolute atomic E-state index is 0.823. The van der Waals surface area contributed by atoms with Crippen LogP contribution in [0.5, 0.6) is 0 Å². The lowest BCUT2D eigenvalue weighted by molar-refractivity contribution is 1.03. The third-order valence-electron chi connectivity index (χ3n) is 8.02. The Labute approximate surface area is 455 Å². The number of aromatic nitrogens is 17. The quantitative estimate of drug-likeness (QED) is 0.138. The van der Waals surface area contributed by atoms with Gasteiger partial charge in [-0.25, -0.2) is 49.8 Å². The molecule has 0 bridgehead atoms. The molecule has 12 rings (SSSR count). The molecule has 4 aromatic carbocycles. The Morgan fingerprint density at radius 3 is 1.12 bits per heavy atom. The van der Waals surface area contributed by atoms with Crippen molar-refractivity contribution in [2.45, 2.75) is 90.0 Å². The standard InChI is InChI=1S/2C9H8N2.2C8H6N2.C5H6N2.2C4H4N2.C3H3N3.5C2H6/c1-7-10-6-8-4-2-3-5-9(8)11-7;1-7-6-10-8-4-2-3-5-9(8)11-7;1-2-4-8-7(3-1)5-9-6-10-8;1-2-4-8-7(3-1)9-5-6-10-8;1-5-4-6-2-3-7-5;1-2-5-4-6-3-1;1-2-4-6-5-3-1;1-4-2-6-3-5-1;5*1-2/h2*2-6H,1H3;2*1-6H;2-4H,1H3;2*1-4H;1-3H;5*1-2H3. The molecule has 0 radical (unpaired) electrons. The lowest BCUT2D eigenvalue weighted by Gasteiger charge is -1.95. The summed E-state index contributed by atoms with van der Waals surface area (Å²) in [6.45, 7) is 25.7. The summed E-state index contributed by atoms with van der Waals surface area (Å²) in [7, 11) is 0. The summed E-state index contributed by atoms with van der Waals surface area (Å²) < 4.78 is 0. The Morgan fingerprint density at radius 2 is 0.701 bits per heavy atom. The Hall–Kier alpha value is -9.51. The van der Waals surface area contributed by atoms with Crippen LogP contribution in [0.1, 0.15) is 86.4 Å². The minimum atomic E-state index is 0.823. The van der Waals surface area contributed by atoms with Crippen molar-refractivity contribution >= 4 is 43.9 Å². The first-order chi connectivity index (χ1) is 38.0. The molecule has 17 nitrogen and oxygen atoms in total. The zero-order valence-electron chi connectivity index (χ0n) is 46.9. The van der Waals surface area contributed by atoms with Crippen molar-refractivity contribution in [1.29, 1.82) is 0 Å². The first-order valence-corrected chi connectivity index (χ1v) is 25.4. The summed E-state index contributed by atoms with van der Waals surface area (Å²) >= 11 is 0. The summed E-state index contributed by atoms with van der Waals surface area (Å²) in [5, 5.41) is 9.25. The molecule has 0 N–H and O–H groups in total. The summed E-state index contributed by atoms with van der Waals surface area (Å²) in [4.78, 5) is 58.9. The number of para-hydroxylation sites is 6. The van der Waals surface area contributed by atoms with Gasteiger partial charge >= 0.3 is 0 Å². The van der Waals surface area contributed by atoms with Gasteiger partial charge in [-0.1, -0.05) is 130 Å². The molecule has 0 amide bonds. The van der Waals surface area contributed by atoms with E-state index in [1.165, 1.54) is 25.3 Å². The molecule has 0 unspecified atom stereocenters. The van der Waals surface area contributed by atoms with Crippen LogP contribution in [-0.2, 0) is 0 Å². The van der Waals surface area contributed by atoms with Crippen LogP contribution in [0.25, 0.3) is 43.9 Å². The second kappa shape index (κ2) is 48.7. The highest BCUT2D eigenvalue weighted by atomic mass is 15.1. The summed E-state index contributed by atoms with van der Waals surface area (Å²) in [6.07, 6.45) is 27.9. The molecular weight excluding hydrogens is 959 g/mol. The lowest BCUT2D eigenvalue weighted by Crippen LogP contribution is -1.86. The van der Waals surface area contributed by atoms with E-state index in [-0.39, 0.29) is 0 Å². The smallest absolute Gasteiger partial charge is 0.125 e. The predicted molar refractivity (Wildman–Crippen MR) is 315 cm³/mol. The molecule has 0 spiro atoms. The molecule has 8 heterocycles. The van der Waals surface area contributed by atoms with E-state index < -0.39 is 0 Å². The van der Waals surface area contributed by atoms with Gasteiger partial charge in [-0.05, 0) is 75.4 Å². The molecule has 77 heavy (non-hydrogen) atoms. The molecule has 12 aromatic rings. The fraction of sp³-hybridized carbons (Fsp3) is 0.217. The minimum Gasteiger partial charge on any atom is -0.261 e. The number of benzene rings is 4. The van der Waals surface area contributed by atoms with E-state index in [0.717, 1.165) is 61.1 Å². The maximum Gasteiger partial charge on any atom is 0.125 e. The van der Waals surface area contributed by atoms with Gasteiger partial charge in [0.1, 0.15) is 37.5 Å². The Balaban J connectivity index is 0.000000845. The molecule has 0 saturated carbocycles. The number of fused-ring (bicyclic) bond motifs is 4. The Morgan fingerprint density at radius 1 is 0.247 bits per heavy atom. The lowest BCUT2D eigenvalue weighted by atomic mass is 10.2. The molecule has 0 aliphatic heterocycles. The maximum atomic E-state index is 4.31. The topological polar surface area (TPSA) is 219 Å². The van der Waals surface area contributed by atoms with Crippen molar-refractivity contribution in [3.05, 3.63) is 238 Å². The van der Waals surface area contributed by atoms with E-state index in [4.69, 9.17) is 0 Å². The SMILES string of the molecule is CC.CC.CC.CC.CC.Cc1cnc2ccccc2n1.Cc1cnccn1.Cc1ncc2ccccc2n1.c1ccc2nccnc2c1.c1ccc2ncncc2c1.c1ccnnc1.c1cncnc1.c1ncncn1. The molecule has 0 aliphatic rings. The van der Waals surface area contributed by atoms with Gasteiger partial charge in [0.2, 0.25) is 0 Å². The zero-order valence-corrected chi connectivity index (χ0v) is 46.9. The fourth-order valence-corrected chi connectivity index (χ4v) is 5.03. The van der Waals surface area contributed by atoms with E-state index in [1.807, 2.05) is 212 Å². The normalized spacial score (nSPS) is 8.58. The van der Waals surface area contributed by atoms with Crippen molar-refractivity contribution in [3.8, 4) is 0 Å². The third-order valence-corrected chi connectivity index (χ3v) is 8.02. The number of hydrogen-bond donors (Lipinski definition) is 0. The van der Waals surface area contributed by atoms with Crippen molar-refractivity contribution < 1.29 is 0 Å². The van der Waals surface area contributed by atoms with Crippen LogP contribution >= 0.6 is 0 Å². The molecule has 400 valence electrons.